The van der Waals surface area contributed by atoms with Crippen molar-refractivity contribution >= 4 is 45.9 Å². The maximum Gasteiger partial charge on any atom is 0.290 e. The molecular weight excluding hydrogens is 418 g/mol. The van der Waals surface area contributed by atoms with Crippen LogP contribution in [0.4, 0.5) is 5.69 Å². The number of benzene rings is 2. The Morgan fingerprint density at radius 2 is 1.81 bits per heavy atom. The molecule has 0 fully saturated rings. The maximum absolute atomic E-state index is 12.7. The summed E-state index contributed by atoms with van der Waals surface area (Å²) >= 11 is 1.41. The Morgan fingerprint density at radius 1 is 1.10 bits per heavy atom. The summed E-state index contributed by atoms with van der Waals surface area (Å²) in [6.45, 7) is 3.85. The fourth-order valence-corrected chi connectivity index (χ4v) is 4.14. The highest BCUT2D eigenvalue weighted by Crippen LogP contribution is 2.35. The topological polar surface area (TPSA) is 122 Å². The van der Waals surface area contributed by atoms with Gasteiger partial charge in [-0.25, -0.2) is 4.68 Å². The molecule has 3 N–H and O–H groups in total. The molecule has 0 spiro atoms. The number of nitrogens with zero attached hydrogens (tertiary/aromatic N) is 2. The molecule has 0 aliphatic carbocycles. The highest BCUT2D eigenvalue weighted by atomic mass is 32.2. The molecule has 1 atom stereocenters. The van der Waals surface area contributed by atoms with E-state index in [-0.39, 0.29) is 28.0 Å². The summed E-state index contributed by atoms with van der Waals surface area (Å²) in [5.41, 5.74) is 5.26. The van der Waals surface area contributed by atoms with Gasteiger partial charge in [0.05, 0.1) is 16.3 Å². The first-order chi connectivity index (χ1) is 14.9. The molecule has 3 aromatic rings. The predicted molar refractivity (Wildman–Crippen MR) is 117 cm³/mol. The quantitative estimate of drug-likeness (QED) is 0.538. The summed E-state index contributed by atoms with van der Waals surface area (Å²) in [6, 6.07) is 11.6. The molecule has 1 aliphatic rings. The number of thioether (sulfide) groups is 1. The maximum atomic E-state index is 12.7. The Morgan fingerprint density at radius 3 is 2.55 bits per heavy atom. The number of aromatic nitrogens is 2. The molecule has 10 heteroatoms. The average Bonchev–Trinajstić information content (AvgIpc) is 2.78. The largest absolute Gasteiger partial charge is 0.324 e. The number of carbonyl (C=O) groups is 3. The Hall–Kier alpha value is -3.66. The van der Waals surface area contributed by atoms with E-state index in [2.05, 4.69) is 21.3 Å². The summed E-state index contributed by atoms with van der Waals surface area (Å²) in [6.07, 6.45) is 0. The van der Waals surface area contributed by atoms with E-state index in [9.17, 15) is 19.2 Å². The molecule has 2 heterocycles. The van der Waals surface area contributed by atoms with Gasteiger partial charge >= 0.3 is 0 Å². The molecule has 0 saturated carbocycles. The van der Waals surface area contributed by atoms with Gasteiger partial charge in [0.15, 0.2) is 5.69 Å². The second kappa shape index (κ2) is 8.23. The van der Waals surface area contributed by atoms with Crippen LogP contribution in [0.5, 0.6) is 0 Å². The highest BCUT2D eigenvalue weighted by molar-refractivity contribution is 8.00. The molecule has 0 bridgehead atoms. The van der Waals surface area contributed by atoms with Gasteiger partial charge in [-0.15, -0.1) is 11.8 Å². The van der Waals surface area contributed by atoms with E-state index >= 15 is 0 Å². The number of hydrazine groups is 1. The number of hydrogen-bond donors (Lipinski definition) is 3. The molecule has 0 radical (unpaired) electrons. The highest BCUT2D eigenvalue weighted by Gasteiger charge is 2.24. The number of carbonyl (C=O) groups excluding carboxylic acids is 3. The van der Waals surface area contributed by atoms with Gasteiger partial charge in [0.1, 0.15) is 0 Å². The lowest BCUT2D eigenvalue weighted by Crippen LogP contribution is -2.42. The molecule has 158 valence electrons. The molecule has 0 saturated heterocycles. The van der Waals surface area contributed by atoms with Crippen LogP contribution < -0.4 is 21.7 Å². The van der Waals surface area contributed by atoms with Crippen LogP contribution in [0.2, 0.25) is 0 Å². The first kappa shape index (κ1) is 20.6. The van der Waals surface area contributed by atoms with Gasteiger partial charge in [-0.3, -0.25) is 30.0 Å². The minimum Gasteiger partial charge on any atom is -0.324 e. The first-order valence-corrected chi connectivity index (χ1v) is 10.5. The van der Waals surface area contributed by atoms with Crippen molar-refractivity contribution in [2.45, 2.75) is 30.5 Å². The molecular formula is C21H19N5O4S. The smallest absolute Gasteiger partial charge is 0.290 e. The van der Waals surface area contributed by atoms with Crippen molar-refractivity contribution in [3.63, 3.8) is 0 Å². The van der Waals surface area contributed by atoms with Crippen LogP contribution in [0.25, 0.3) is 10.8 Å². The Balaban J connectivity index is 1.54. The normalized spacial score (nSPS) is 15.2. The monoisotopic (exact) mass is 437 g/mol. The van der Waals surface area contributed by atoms with Crippen molar-refractivity contribution in [3.05, 3.63) is 64.1 Å². The number of aryl methyl sites for hydroxylation is 1. The minimum absolute atomic E-state index is 0.0282. The molecule has 3 amide bonds. The van der Waals surface area contributed by atoms with Gasteiger partial charge in [0.25, 0.3) is 17.4 Å². The van der Waals surface area contributed by atoms with Crippen LogP contribution >= 0.6 is 11.8 Å². The molecule has 9 nitrogen and oxygen atoms in total. The summed E-state index contributed by atoms with van der Waals surface area (Å²) in [5.74, 6) is -1.34. The fourth-order valence-electron chi connectivity index (χ4n) is 3.21. The number of nitrogens with one attached hydrogen (secondary N) is 3. The Bertz CT molecular complexity index is 1290. The third-order valence-electron chi connectivity index (χ3n) is 4.84. The summed E-state index contributed by atoms with van der Waals surface area (Å²) in [4.78, 5) is 50.4. The molecule has 1 aliphatic heterocycles. The van der Waals surface area contributed by atoms with Gasteiger partial charge in [-0.05, 0) is 38.1 Å². The van der Waals surface area contributed by atoms with Crippen molar-refractivity contribution in [2.24, 2.45) is 0 Å². The minimum atomic E-state index is -0.651. The van der Waals surface area contributed by atoms with Crippen LogP contribution in [0, 0.1) is 0 Å². The van der Waals surface area contributed by atoms with Gasteiger partial charge in [0.2, 0.25) is 5.91 Å². The van der Waals surface area contributed by atoms with Crippen LogP contribution in [0.3, 0.4) is 0 Å². The third kappa shape index (κ3) is 3.89. The second-order valence-electron chi connectivity index (χ2n) is 6.88. The van der Waals surface area contributed by atoms with E-state index in [1.807, 2.05) is 0 Å². The zero-order valence-corrected chi connectivity index (χ0v) is 17.6. The van der Waals surface area contributed by atoms with Gasteiger partial charge in [-0.1, -0.05) is 18.2 Å². The van der Waals surface area contributed by atoms with Crippen LogP contribution in [-0.4, -0.2) is 32.8 Å². The second-order valence-corrected chi connectivity index (χ2v) is 8.27. The zero-order valence-electron chi connectivity index (χ0n) is 16.8. The summed E-state index contributed by atoms with van der Waals surface area (Å²) < 4.78 is 1.20. The lowest BCUT2D eigenvalue weighted by molar-refractivity contribution is -0.115. The molecule has 1 aromatic heterocycles. The third-order valence-corrected chi connectivity index (χ3v) is 6.02. The standard InChI is InChI=1S/C21H19N5O4S/c1-3-26-21(30)14-7-5-4-6-13(14)17(25-26)20(29)24-23-19(28)12-8-9-16-15(10-12)22-18(27)11(2)31-16/h4-11H,3H2,1-2H3,(H,22,27)(H,23,28)(H,24,29). The number of anilines is 1. The van der Waals surface area contributed by atoms with Crippen LogP contribution in [0.15, 0.2) is 52.2 Å². The van der Waals surface area contributed by atoms with Crippen molar-refractivity contribution in [3.8, 4) is 0 Å². The SMILES string of the molecule is CCn1nc(C(=O)NNC(=O)c2ccc3c(c2)NC(=O)C(C)S3)c2ccccc2c1=O. The number of rotatable bonds is 3. The van der Waals surface area contributed by atoms with E-state index < -0.39 is 11.8 Å². The van der Waals surface area contributed by atoms with E-state index in [1.165, 1.54) is 16.4 Å². The Kier molecular flexibility index (Phi) is 5.47. The zero-order chi connectivity index (χ0) is 22.1. The molecule has 2 aromatic carbocycles. The Labute approximate surface area is 181 Å². The van der Waals surface area contributed by atoms with Crippen molar-refractivity contribution in [1.82, 2.24) is 20.6 Å². The fraction of sp³-hybridized carbons (Fsp3) is 0.190. The first-order valence-electron chi connectivity index (χ1n) is 9.61. The number of amides is 3. The van der Waals surface area contributed by atoms with Gasteiger partial charge in [0, 0.05) is 22.4 Å². The molecule has 31 heavy (non-hydrogen) atoms. The van der Waals surface area contributed by atoms with E-state index in [1.54, 1.807) is 56.3 Å². The van der Waals surface area contributed by atoms with E-state index in [0.717, 1.165) is 4.90 Å². The molecule has 4 rings (SSSR count). The van der Waals surface area contributed by atoms with E-state index in [4.69, 9.17) is 0 Å². The van der Waals surface area contributed by atoms with Crippen LogP contribution in [0.1, 0.15) is 34.7 Å². The lowest BCUT2D eigenvalue weighted by atomic mass is 10.1. The van der Waals surface area contributed by atoms with Crippen LogP contribution in [-0.2, 0) is 11.3 Å². The van der Waals surface area contributed by atoms with E-state index in [0.29, 0.717) is 23.0 Å². The van der Waals surface area contributed by atoms with Crippen molar-refractivity contribution < 1.29 is 14.4 Å². The van der Waals surface area contributed by atoms with Crippen molar-refractivity contribution in [1.29, 1.82) is 0 Å². The number of fused-ring (bicyclic) bond motifs is 2. The lowest BCUT2D eigenvalue weighted by Gasteiger charge is -2.21. The molecule has 1 unspecified atom stereocenters. The van der Waals surface area contributed by atoms with Crippen molar-refractivity contribution in [2.75, 3.05) is 5.32 Å². The summed E-state index contributed by atoms with van der Waals surface area (Å²) in [7, 11) is 0. The van der Waals surface area contributed by atoms with Gasteiger partial charge in [-0.2, -0.15) is 5.10 Å². The number of hydrogen-bond acceptors (Lipinski definition) is 6. The predicted octanol–water partition coefficient (Wildman–Crippen LogP) is 1.92. The van der Waals surface area contributed by atoms with Gasteiger partial charge < -0.3 is 5.32 Å². The average molecular weight is 437 g/mol. The summed E-state index contributed by atoms with van der Waals surface area (Å²) in [5, 5.41) is 7.45.